The summed E-state index contributed by atoms with van der Waals surface area (Å²) in [6.45, 7) is 1.94. The van der Waals surface area contributed by atoms with Crippen molar-refractivity contribution >= 4 is 11.8 Å². The number of rotatable bonds is 4. The molecule has 2 fully saturated rings. The van der Waals surface area contributed by atoms with Gasteiger partial charge in [0.1, 0.15) is 23.6 Å². The number of hydrogen-bond acceptors (Lipinski definition) is 4. The summed E-state index contributed by atoms with van der Waals surface area (Å²) in [7, 11) is 1.84. The van der Waals surface area contributed by atoms with E-state index >= 15 is 0 Å². The lowest BCUT2D eigenvalue weighted by molar-refractivity contribution is -0.134. The minimum Gasteiger partial charge on any atom is -0.487 e. The molecule has 0 spiro atoms. The van der Waals surface area contributed by atoms with E-state index in [4.69, 9.17) is 4.74 Å². The van der Waals surface area contributed by atoms with Crippen LogP contribution in [-0.2, 0) is 11.8 Å². The van der Waals surface area contributed by atoms with E-state index in [0.29, 0.717) is 24.4 Å². The second kappa shape index (κ2) is 7.42. The van der Waals surface area contributed by atoms with Gasteiger partial charge in [-0.15, -0.1) is 0 Å². The summed E-state index contributed by atoms with van der Waals surface area (Å²) in [5, 5.41) is 0. The van der Waals surface area contributed by atoms with Crippen molar-refractivity contribution in [3.8, 4) is 5.75 Å². The van der Waals surface area contributed by atoms with E-state index in [1.165, 1.54) is 0 Å². The Labute approximate surface area is 158 Å². The normalized spacial score (nSPS) is 22.3. The lowest BCUT2D eigenvalue weighted by Gasteiger charge is -2.27. The highest BCUT2D eigenvalue weighted by Crippen LogP contribution is 2.27. The number of carbonyl (C=O) groups is 2. The van der Waals surface area contributed by atoms with Crippen molar-refractivity contribution in [1.29, 1.82) is 0 Å². The first-order chi connectivity index (χ1) is 13.1. The number of pyridine rings is 1. The lowest BCUT2D eigenvalue weighted by Crippen LogP contribution is -2.47. The maximum atomic E-state index is 13.1. The van der Waals surface area contributed by atoms with E-state index < -0.39 is 6.04 Å². The van der Waals surface area contributed by atoms with Crippen LogP contribution in [0.15, 0.2) is 42.9 Å². The Morgan fingerprint density at radius 2 is 2.00 bits per heavy atom. The van der Waals surface area contributed by atoms with Crippen LogP contribution in [0.1, 0.15) is 29.8 Å². The Bertz CT molecular complexity index is 814. The molecule has 0 unspecified atom stereocenters. The third kappa shape index (κ3) is 3.54. The van der Waals surface area contributed by atoms with E-state index in [1.54, 1.807) is 27.9 Å². The van der Waals surface area contributed by atoms with Crippen LogP contribution < -0.4 is 4.74 Å². The molecule has 2 aliphatic rings. The first-order valence-electron chi connectivity index (χ1n) is 9.41. The topological polar surface area (TPSA) is 67.7 Å². The van der Waals surface area contributed by atoms with Crippen LogP contribution in [0.4, 0.5) is 0 Å². The summed E-state index contributed by atoms with van der Waals surface area (Å²) in [5.41, 5.74) is 0.580. The van der Waals surface area contributed by atoms with E-state index in [-0.39, 0.29) is 17.9 Å². The summed E-state index contributed by atoms with van der Waals surface area (Å²) in [5.74, 6) is 0.563. The summed E-state index contributed by atoms with van der Waals surface area (Å²) in [6, 6.07) is 6.79. The van der Waals surface area contributed by atoms with Gasteiger partial charge < -0.3 is 19.1 Å². The van der Waals surface area contributed by atoms with Crippen molar-refractivity contribution in [2.45, 2.75) is 31.4 Å². The van der Waals surface area contributed by atoms with Crippen LogP contribution in [0, 0.1) is 0 Å². The number of aryl methyl sites for hydroxylation is 1. The molecular formula is C20H24N4O3. The highest BCUT2D eigenvalue weighted by molar-refractivity contribution is 5.97. The van der Waals surface area contributed by atoms with Crippen molar-refractivity contribution in [2.75, 3.05) is 19.6 Å². The molecule has 7 heteroatoms. The SMILES string of the molecule is Cn1cccc1C(=O)N1C[C@@H](Oc2cccnc2)C[C@H]1C(=O)N1CCCC1. The zero-order valence-electron chi connectivity index (χ0n) is 15.5. The predicted octanol–water partition coefficient (Wildman–Crippen LogP) is 1.70. The fraction of sp³-hybridized carbons (Fsp3) is 0.450. The first-order valence-corrected chi connectivity index (χ1v) is 9.41. The van der Waals surface area contributed by atoms with Crippen LogP contribution in [0.5, 0.6) is 5.75 Å². The highest BCUT2D eigenvalue weighted by Gasteiger charge is 2.43. The molecule has 142 valence electrons. The van der Waals surface area contributed by atoms with E-state index in [0.717, 1.165) is 25.9 Å². The van der Waals surface area contributed by atoms with Gasteiger partial charge in [-0.1, -0.05) is 0 Å². The van der Waals surface area contributed by atoms with Gasteiger partial charge in [0.15, 0.2) is 0 Å². The minimum atomic E-state index is -0.479. The molecule has 2 aromatic heterocycles. The molecule has 2 aromatic rings. The molecule has 0 saturated carbocycles. The smallest absolute Gasteiger partial charge is 0.271 e. The number of hydrogen-bond donors (Lipinski definition) is 0. The third-order valence-electron chi connectivity index (χ3n) is 5.33. The molecule has 0 aromatic carbocycles. The summed E-state index contributed by atoms with van der Waals surface area (Å²) in [4.78, 5) is 33.8. The Morgan fingerprint density at radius 3 is 2.67 bits per heavy atom. The summed E-state index contributed by atoms with van der Waals surface area (Å²) in [6.07, 6.45) is 7.50. The second-order valence-electron chi connectivity index (χ2n) is 7.17. The number of carbonyl (C=O) groups excluding carboxylic acids is 2. The molecule has 0 N–H and O–H groups in total. The minimum absolute atomic E-state index is 0.0346. The van der Waals surface area contributed by atoms with E-state index in [2.05, 4.69) is 4.98 Å². The van der Waals surface area contributed by atoms with Crippen LogP contribution in [0.2, 0.25) is 0 Å². The molecule has 2 atom stereocenters. The largest absolute Gasteiger partial charge is 0.487 e. The van der Waals surface area contributed by atoms with E-state index in [1.807, 2.05) is 36.3 Å². The van der Waals surface area contributed by atoms with Crippen molar-refractivity contribution in [3.63, 3.8) is 0 Å². The molecular weight excluding hydrogens is 344 g/mol. The number of amides is 2. The van der Waals surface area contributed by atoms with Crippen LogP contribution in [0.25, 0.3) is 0 Å². The van der Waals surface area contributed by atoms with Gasteiger partial charge in [-0.3, -0.25) is 14.6 Å². The molecule has 2 saturated heterocycles. The summed E-state index contributed by atoms with van der Waals surface area (Å²) < 4.78 is 7.80. The van der Waals surface area contributed by atoms with Gasteiger partial charge >= 0.3 is 0 Å². The number of ether oxygens (including phenoxy) is 1. The highest BCUT2D eigenvalue weighted by atomic mass is 16.5. The van der Waals surface area contributed by atoms with Gasteiger partial charge in [-0.25, -0.2) is 0 Å². The molecule has 4 heterocycles. The first kappa shape index (κ1) is 17.6. The Hall–Kier alpha value is -2.83. The molecule has 2 amide bonds. The third-order valence-corrected chi connectivity index (χ3v) is 5.33. The quantitative estimate of drug-likeness (QED) is 0.824. The fourth-order valence-corrected chi connectivity index (χ4v) is 3.93. The van der Waals surface area contributed by atoms with Gasteiger partial charge in [0.25, 0.3) is 5.91 Å². The average molecular weight is 368 g/mol. The van der Waals surface area contributed by atoms with Gasteiger partial charge in [0.05, 0.1) is 12.7 Å². The number of aromatic nitrogens is 2. The van der Waals surface area contributed by atoms with Crippen molar-refractivity contribution in [2.24, 2.45) is 7.05 Å². The molecule has 0 aliphatic carbocycles. The van der Waals surface area contributed by atoms with Gasteiger partial charge in [0, 0.05) is 39.0 Å². The standard InChI is InChI=1S/C20H24N4O3/c1-22-9-5-7-17(22)20(26)24-14-16(27-15-6-4-8-21-13-15)12-18(24)19(25)23-10-2-3-11-23/h4-9,13,16,18H,2-3,10-12,14H2,1H3/t16-,18-/m0/s1. The monoisotopic (exact) mass is 368 g/mol. The Kier molecular flexibility index (Phi) is 4.83. The number of likely N-dealkylation sites (tertiary alicyclic amines) is 2. The fourth-order valence-electron chi connectivity index (χ4n) is 3.93. The van der Waals surface area contributed by atoms with Crippen molar-refractivity contribution in [3.05, 3.63) is 48.5 Å². The zero-order valence-corrected chi connectivity index (χ0v) is 15.5. The van der Waals surface area contributed by atoms with Gasteiger partial charge in [-0.2, -0.15) is 0 Å². The number of nitrogens with zero attached hydrogens (tertiary/aromatic N) is 4. The molecule has 4 rings (SSSR count). The Balaban J connectivity index is 1.56. The Morgan fingerprint density at radius 1 is 1.19 bits per heavy atom. The second-order valence-corrected chi connectivity index (χ2v) is 7.17. The molecule has 0 bridgehead atoms. The van der Waals surface area contributed by atoms with Crippen LogP contribution in [0.3, 0.4) is 0 Å². The van der Waals surface area contributed by atoms with E-state index in [9.17, 15) is 9.59 Å². The molecule has 27 heavy (non-hydrogen) atoms. The van der Waals surface area contributed by atoms with Gasteiger partial charge in [-0.05, 0) is 37.1 Å². The lowest BCUT2D eigenvalue weighted by atomic mass is 10.1. The maximum absolute atomic E-state index is 13.1. The zero-order chi connectivity index (χ0) is 18.8. The maximum Gasteiger partial charge on any atom is 0.271 e. The average Bonchev–Trinajstić information content (AvgIpc) is 3.42. The van der Waals surface area contributed by atoms with Crippen molar-refractivity contribution in [1.82, 2.24) is 19.4 Å². The summed E-state index contributed by atoms with van der Waals surface area (Å²) >= 11 is 0. The van der Waals surface area contributed by atoms with Crippen LogP contribution >= 0.6 is 0 Å². The van der Waals surface area contributed by atoms with Crippen molar-refractivity contribution < 1.29 is 14.3 Å². The molecule has 7 nitrogen and oxygen atoms in total. The molecule has 0 radical (unpaired) electrons. The van der Waals surface area contributed by atoms with Crippen LogP contribution in [-0.4, -0.2) is 62.9 Å². The molecule has 2 aliphatic heterocycles. The van der Waals surface area contributed by atoms with Gasteiger partial charge in [0.2, 0.25) is 5.91 Å². The predicted molar refractivity (Wildman–Crippen MR) is 99.3 cm³/mol.